The molecule has 1 fully saturated rings. The number of halogens is 1. The molecule has 33 heavy (non-hydrogen) atoms. The average Bonchev–Trinajstić information content (AvgIpc) is 3.22. The van der Waals surface area contributed by atoms with Crippen LogP contribution in [0, 0.1) is 5.92 Å². The summed E-state index contributed by atoms with van der Waals surface area (Å²) in [6.07, 6.45) is 6.01. The Labute approximate surface area is 206 Å². The molecule has 0 spiro atoms. The molecule has 1 aliphatic heterocycles. The van der Waals surface area contributed by atoms with Crippen molar-refractivity contribution < 1.29 is 4.79 Å². The highest BCUT2D eigenvalue weighted by Crippen LogP contribution is 2.37. The summed E-state index contributed by atoms with van der Waals surface area (Å²) in [5.41, 5.74) is 4.36. The number of Topliss-reactive ketones (excluding diaryl/α,β-unsaturated/α-hetero) is 1. The molecule has 4 rings (SSSR count). The third-order valence-electron chi connectivity index (χ3n) is 6.12. The summed E-state index contributed by atoms with van der Waals surface area (Å²) >= 11 is 7.94. The fourth-order valence-corrected chi connectivity index (χ4v) is 5.76. The second kappa shape index (κ2) is 11.4. The third kappa shape index (κ3) is 6.75. The van der Waals surface area contributed by atoms with Crippen LogP contribution in [0.15, 0.2) is 48.5 Å². The van der Waals surface area contributed by atoms with Crippen molar-refractivity contribution in [3.63, 3.8) is 0 Å². The normalized spacial score (nSPS) is 14.7. The van der Waals surface area contributed by atoms with Crippen LogP contribution in [0.3, 0.4) is 0 Å². The van der Waals surface area contributed by atoms with Crippen LogP contribution < -0.4 is 0 Å². The van der Waals surface area contributed by atoms with E-state index in [1.165, 1.54) is 37.9 Å². The minimum Gasteiger partial charge on any atom is -0.303 e. The van der Waals surface area contributed by atoms with Crippen LogP contribution in [0.4, 0.5) is 0 Å². The number of carbonyl (C=O) groups is 1. The van der Waals surface area contributed by atoms with Gasteiger partial charge in [0, 0.05) is 23.6 Å². The average molecular weight is 481 g/mol. The summed E-state index contributed by atoms with van der Waals surface area (Å²) in [5, 5.41) is 1.67. The minimum atomic E-state index is 0.236. The van der Waals surface area contributed by atoms with Crippen molar-refractivity contribution in [3.8, 4) is 21.0 Å². The molecule has 0 atom stereocenters. The van der Waals surface area contributed by atoms with E-state index in [0.717, 1.165) is 39.7 Å². The Morgan fingerprint density at radius 2 is 1.82 bits per heavy atom. The maximum atomic E-state index is 12.6. The minimum absolute atomic E-state index is 0.236. The Kier molecular flexibility index (Phi) is 8.34. The molecule has 0 radical (unpaired) electrons. The van der Waals surface area contributed by atoms with Crippen LogP contribution in [0.25, 0.3) is 21.0 Å². The second-order valence-electron chi connectivity index (χ2n) is 9.47. The highest BCUT2D eigenvalue weighted by atomic mass is 35.5. The van der Waals surface area contributed by atoms with Crippen LogP contribution in [0.5, 0.6) is 0 Å². The molecular formula is C28H33ClN2OS. The molecule has 0 saturated carbocycles. The highest BCUT2D eigenvalue weighted by Gasteiger charge is 2.18. The first-order chi connectivity index (χ1) is 16.0. The second-order valence-corrected chi connectivity index (χ2v) is 10.9. The molecule has 0 unspecified atom stereocenters. The van der Waals surface area contributed by atoms with Gasteiger partial charge in [0.1, 0.15) is 10.8 Å². The van der Waals surface area contributed by atoms with Crippen LogP contribution in [0.2, 0.25) is 5.02 Å². The zero-order valence-electron chi connectivity index (χ0n) is 19.6. The predicted molar refractivity (Wildman–Crippen MR) is 140 cm³/mol. The summed E-state index contributed by atoms with van der Waals surface area (Å²) < 4.78 is 0. The van der Waals surface area contributed by atoms with E-state index in [1.807, 2.05) is 18.2 Å². The highest BCUT2D eigenvalue weighted by molar-refractivity contribution is 7.18. The molecule has 2 aromatic carbocycles. The topological polar surface area (TPSA) is 33.2 Å². The van der Waals surface area contributed by atoms with Crippen molar-refractivity contribution in [2.45, 2.75) is 52.4 Å². The molecule has 1 aliphatic rings. The molecule has 2 heterocycles. The zero-order valence-corrected chi connectivity index (χ0v) is 21.2. The first-order valence-corrected chi connectivity index (χ1v) is 13.3. The maximum absolute atomic E-state index is 12.6. The molecule has 1 saturated heterocycles. The van der Waals surface area contributed by atoms with E-state index in [9.17, 15) is 4.79 Å². The zero-order chi connectivity index (χ0) is 23.2. The van der Waals surface area contributed by atoms with Crippen molar-refractivity contribution in [1.82, 2.24) is 9.88 Å². The summed E-state index contributed by atoms with van der Waals surface area (Å²) in [6.45, 7) is 7.73. The van der Waals surface area contributed by atoms with E-state index in [0.29, 0.717) is 23.8 Å². The molecule has 5 heteroatoms. The van der Waals surface area contributed by atoms with E-state index in [4.69, 9.17) is 16.6 Å². The molecule has 0 amide bonds. The van der Waals surface area contributed by atoms with Crippen molar-refractivity contribution in [2.24, 2.45) is 5.92 Å². The lowest BCUT2D eigenvalue weighted by Crippen LogP contribution is -2.31. The van der Waals surface area contributed by atoms with Gasteiger partial charge in [-0.2, -0.15) is 0 Å². The molecular weight excluding hydrogens is 448 g/mol. The Balaban J connectivity index is 1.59. The number of aromatic nitrogens is 1. The van der Waals surface area contributed by atoms with Crippen molar-refractivity contribution in [1.29, 1.82) is 0 Å². The number of nitrogens with zero attached hydrogens (tertiary/aromatic N) is 2. The summed E-state index contributed by atoms with van der Waals surface area (Å²) in [6, 6.07) is 16.6. The third-order valence-corrected chi connectivity index (χ3v) is 7.55. The molecule has 3 aromatic rings. The van der Waals surface area contributed by atoms with Gasteiger partial charge in [0.2, 0.25) is 0 Å². The van der Waals surface area contributed by atoms with Gasteiger partial charge in [0.15, 0.2) is 0 Å². The SMILES string of the molecule is CC(C)CC(=O)Cc1nc(-c2cccc(CCN3CCCCC3)c2)sc1-c1cccc(Cl)c1. The van der Waals surface area contributed by atoms with Crippen LogP contribution >= 0.6 is 22.9 Å². The maximum Gasteiger partial charge on any atom is 0.139 e. The fraction of sp³-hybridized carbons (Fsp3) is 0.429. The number of piperidine rings is 1. The van der Waals surface area contributed by atoms with Crippen LogP contribution in [-0.4, -0.2) is 35.3 Å². The Bertz CT molecular complexity index is 1090. The quantitative estimate of drug-likeness (QED) is 0.321. The van der Waals surface area contributed by atoms with Gasteiger partial charge in [-0.3, -0.25) is 4.79 Å². The summed E-state index contributed by atoms with van der Waals surface area (Å²) in [7, 11) is 0. The molecule has 0 N–H and O–H groups in total. The van der Waals surface area contributed by atoms with Gasteiger partial charge in [-0.15, -0.1) is 11.3 Å². The van der Waals surface area contributed by atoms with Crippen molar-refractivity contribution in [2.75, 3.05) is 19.6 Å². The van der Waals surface area contributed by atoms with Crippen molar-refractivity contribution >= 4 is 28.7 Å². The van der Waals surface area contributed by atoms with Crippen LogP contribution in [0.1, 0.15) is 50.8 Å². The number of thiazole rings is 1. The van der Waals surface area contributed by atoms with Crippen molar-refractivity contribution in [3.05, 3.63) is 64.8 Å². The van der Waals surface area contributed by atoms with E-state index in [1.54, 1.807) is 11.3 Å². The number of hydrogen-bond donors (Lipinski definition) is 0. The fourth-order valence-electron chi connectivity index (χ4n) is 4.49. The Morgan fingerprint density at radius 1 is 1.06 bits per heavy atom. The van der Waals surface area contributed by atoms with Gasteiger partial charge >= 0.3 is 0 Å². The molecule has 1 aromatic heterocycles. The lowest BCUT2D eigenvalue weighted by Gasteiger charge is -2.26. The smallest absolute Gasteiger partial charge is 0.139 e. The number of likely N-dealkylation sites (tertiary alicyclic amines) is 1. The monoisotopic (exact) mass is 480 g/mol. The molecule has 3 nitrogen and oxygen atoms in total. The van der Waals surface area contributed by atoms with E-state index in [2.05, 4.69) is 49.1 Å². The van der Waals surface area contributed by atoms with Gasteiger partial charge in [-0.05, 0) is 67.6 Å². The molecule has 0 aliphatic carbocycles. The number of hydrogen-bond acceptors (Lipinski definition) is 4. The standard InChI is InChI=1S/C28H33ClN2OS/c1-20(2)16-25(32)19-26-27(22-9-7-11-24(29)18-22)33-28(30-26)23-10-6-8-21(17-23)12-15-31-13-4-3-5-14-31/h6-11,17-18,20H,3-5,12-16,19H2,1-2H3. The van der Waals surface area contributed by atoms with Gasteiger partial charge in [0.05, 0.1) is 17.0 Å². The van der Waals surface area contributed by atoms with Gasteiger partial charge < -0.3 is 4.90 Å². The number of ketones is 1. The largest absolute Gasteiger partial charge is 0.303 e. The van der Waals surface area contributed by atoms with Gasteiger partial charge in [-0.25, -0.2) is 4.98 Å². The molecule has 174 valence electrons. The molecule has 0 bridgehead atoms. The summed E-state index contributed by atoms with van der Waals surface area (Å²) in [5.74, 6) is 0.585. The number of benzene rings is 2. The van der Waals surface area contributed by atoms with E-state index < -0.39 is 0 Å². The Hall–Kier alpha value is -2.01. The van der Waals surface area contributed by atoms with Gasteiger partial charge in [0.25, 0.3) is 0 Å². The lowest BCUT2D eigenvalue weighted by atomic mass is 10.0. The first kappa shape index (κ1) is 24.1. The Morgan fingerprint density at radius 3 is 2.58 bits per heavy atom. The van der Waals surface area contributed by atoms with Gasteiger partial charge in [-0.1, -0.05) is 62.2 Å². The summed E-state index contributed by atoms with van der Waals surface area (Å²) in [4.78, 5) is 21.2. The number of carbonyl (C=O) groups excluding carboxylic acids is 1. The number of rotatable bonds is 9. The van der Waals surface area contributed by atoms with E-state index in [-0.39, 0.29) is 5.78 Å². The first-order valence-electron chi connectivity index (χ1n) is 12.1. The van der Waals surface area contributed by atoms with Crippen LogP contribution in [-0.2, 0) is 17.6 Å². The van der Waals surface area contributed by atoms with E-state index >= 15 is 0 Å². The predicted octanol–water partition coefficient (Wildman–Crippen LogP) is 7.32. The lowest BCUT2D eigenvalue weighted by molar-refractivity contribution is -0.119.